The van der Waals surface area contributed by atoms with E-state index in [2.05, 4.69) is 103 Å². The van der Waals surface area contributed by atoms with Crippen LogP contribution in [0.15, 0.2) is 127 Å². The van der Waals surface area contributed by atoms with Crippen LogP contribution in [0.2, 0.25) is 0 Å². The van der Waals surface area contributed by atoms with Crippen LogP contribution in [0.1, 0.15) is 11.1 Å². The molecule has 1 N–H and O–H groups in total. The summed E-state index contributed by atoms with van der Waals surface area (Å²) in [6, 6.07) is 42.9. The van der Waals surface area contributed by atoms with Crippen molar-refractivity contribution >= 4 is 34.1 Å². The molecule has 5 aromatic carbocycles. The minimum absolute atomic E-state index is 0.210. The molecule has 0 aliphatic heterocycles. The van der Waals surface area contributed by atoms with E-state index >= 15 is 0 Å². The lowest BCUT2D eigenvalue weighted by atomic mass is 10.1. The number of phenolic OH excluding ortho intramolecular Hbond substituents is 1. The summed E-state index contributed by atoms with van der Waals surface area (Å²) in [5.74, 6) is 0.210. The number of aromatic hydroxyl groups is 1. The Hall–Kier alpha value is -4.50. The minimum Gasteiger partial charge on any atom is -0.508 e. The Morgan fingerprint density at radius 2 is 0.829 bits per heavy atom. The molecule has 5 rings (SSSR count). The molecule has 0 aliphatic carbocycles. The van der Waals surface area contributed by atoms with Gasteiger partial charge in [0.05, 0.1) is 11.4 Å². The van der Waals surface area contributed by atoms with Crippen LogP contribution < -0.4 is 9.80 Å². The Morgan fingerprint density at radius 3 is 1.29 bits per heavy atom. The highest BCUT2D eigenvalue weighted by molar-refractivity contribution is 5.85. The maximum atomic E-state index is 11.0. The van der Waals surface area contributed by atoms with Crippen LogP contribution in [-0.4, -0.2) is 5.11 Å². The molecule has 0 saturated carbocycles. The summed E-state index contributed by atoms with van der Waals surface area (Å²) in [5.41, 5.74) is 8.27. The van der Waals surface area contributed by atoms with E-state index in [1.54, 1.807) is 0 Å². The molecule has 0 atom stereocenters. The van der Waals surface area contributed by atoms with Crippen molar-refractivity contribution in [3.8, 4) is 5.75 Å². The van der Waals surface area contributed by atoms with E-state index in [-0.39, 0.29) is 5.75 Å². The van der Waals surface area contributed by atoms with E-state index in [4.69, 9.17) is 0 Å². The molecule has 0 spiro atoms. The first-order valence-corrected chi connectivity index (χ1v) is 11.8. The number of para-hydroxylation sites is 4. The zero-order valence-electron chi connectivity index (χ0n) is 20.0. The van der Waals surface area contributed by atoms with Crippen LogP contribution in [0.4, 0.5) is 34.1 Å². The Labute approximate surface area is 207 Å². The van der Waals surface area contributed by atoms with Crippen molar-refractivity contribution in [2.45, 2.75) is 13.8 Å². The molecular weight excluding hydrogens is 428 g/mol. The Bertz CT molecular complexity index is 1350. The molecule has 35 heavy (non-hydrogen) atoms. The standard InChI is InChI=1S/C32H28N2O/c1-24-13-9-11-19-31(24)34(32-20-12-10-14-25(32)2)29-21-28(22-30(35)23-29)33(26-15-5-3-6-16-26)27-17-7-4-8-18-27/h3-23,35H,1-2H3. The van der Waals surface area contributed by atoms with Crippen LogP contribution in [0.5, 0.6) is 5.75 Å². The van der Waals surface area contributed by atoms with Gasteiger partial charge in [-0.25, -0.2) is 0 Å². The van der Waals surface area contributed by atoms with E-state index in [1.165, 1.54) is 0 Å². The fourth-order valence-corrected chi connectivity index (χ4v) is 4.48. The van der Waals surface area contributed by atoms with E-state index in [1.807, 2.05) is 48.5 Å². The molecule has 0 aromatic heterocycles. The smallest absolute Gasteiger partial charge is 0.119 e. The predicted molar refractivity (Wildman–Crippen MR) is 147 cm³/mol. The molecule has 0 saturated heterocycles. The van der Waals surface area contributed by atoms with Gasteiger partial charge >= 0.3 is 0 Å². The van der Waals surface area contributed by atoms with Crippen molar-refractivity contribution in [2.75, 3.05) is 9.80 Å². The van der Waals surface area contributed by atoms with E-state index < -0.39 is 0 Å². The zero-order valence-corrected chi connectivity index (χ0v) is 20.0. The molecule has 0 radical (unpaired) electrons. The number of aryl methyl sites for hydroxylation is 2. The van der Waals surface area contributed by atoms with Crippen molar-refractivity contribution in [3.05, 3.63) is 139 Å². The second kappa shape index (κ2) is 9.78. The number of hydrogen-bond donors (Lipinski definition) is 1. The molecule has 0 unspecified atom stereocenters. The summed E-state index contributed by atoms with van der Waals surface area (Å²) < 4.78 is 0. The second-order valence-electron chi connectivity index (χ2n) is 8.62. The molecule has 0 aliphatic rings. The molecule has 172 valence electrons. The monoisotopic (exact) mass is 456 g/mol. The van der Waals surface area contributed by atoms with Crippen molar-refractivity contribution in [3.63, 3.8) is 0 Å². The molecule has 3 heteroatoms. The van der Waals surface area contributed by atoms with Gasteiger partial charge in [-0.3, -0.25) is 0 Å². The summed E-state index contributed by atoms with van der Waals surface area (Å²) in [4.78, 5) is 4.39. The summed E-state index contributed by atoms with van der Waals surface area (Å²) in [6.45, 7) is 4.23. The Kier molecular flexibility index (Phi) is 6.23. The quantitative estimate of drug-likeness (QED) is 0.276. The molecule has 0 heterocycles. The van der Waals surface area contributed by atoms with E-state index in [0.717, 1.165) is 45.3 Å². The molecular formula is C32H28N2O. The van der Waals surface area contributed by atoms with Crippen LogP contribution >= 0.6 is 0 Å². The number of phenols is 1. The van der Waals surface area contributed by atoms with Gasteiger partial charge in [0.1, 0.15) is 5.75 Å². The first-order chi connectivity index (χ1) is 17.1. The highest BCUT2D eigenvalue weighted by Crippen LogP contribution is 2.43. The van der Waals surface area contributed by atoms with Gasteiger partial charge in [0.25, 0.3) is 0 Å². The van der Waals surface area contributed by atoms with Crippen molar-refractivity contribution < 1.29 is 5.11 Å². The highest BCUT2D eigenvalue weighted by atomic mass is 16.3. The maximum Gasteiger partial charge on any atom is 0.119 e. The molecule has 3 nitrogen and oxygen atoms in total. The van der Waals surface area contributed by atoms with Gasteiger partial charge in [0, 0.05) is 34.9 Å². The Balaban J connectivity index is 1.73. The molecule has 0 bridgehead atoms. The zero-order chi connectivity index (χ0) is 24.2. The third kappa shape index (κ3) is 4.62. The summed E-state index contributed by atoms with van der Waals surface area (Å²) >= 11 is 0. The van der Waals surface area contributed by atoms with Gasteiger partial charge < -0.3 is 14.9 Å². The van der Waals surface area contributed by atoms with Gasteiger partial charge in [0.15, 0.2) is 0 Å². The van der Waals surface area contributed by atoms with Crippen molar-refractivity contribution in [1.29, 1.82) is 0 Å². The molecule has 0 fully saturated rings. The largest absolute Gasteiger partial charge is 0.508 e. The number of anilines is 6. The van der Waals surface area contributed by atoms with Gasteiger partial charge in [-0.1, -0.05) is 72.8 Å². The van der Waals surface area contributed by atoms with Gasteiger partial charge in [-0.15, -0.1) is 0 Å². The van der Waals surface area contributed by atoms with Crippen molar-refractivity contribution in [2.24, 2.45) is 0 Å². The average molecular weight is 457 g/mol. The lowest BCUT2D eigenvalue weighted by molar-refractivity contribution is 0.475. The van der Waals surface area contributed by atoms with Gasteiger partial charge in [0.2, 0.25) is 0 Å². The van der Waals surface area contributed by atoms with Crippen LogP contribution in [0.3, 0.4) is 0 Å². The van der Waals surface area contributed by atoms with Crippen LogP contribution in [0.25, 0.3) is 0 Å². The van der Waals surface area contributed by atoms with Crippen molar-refractivity contribution in [1.82, 2.24) is 0 Å². The topological polar surface area (TPSA) is 26.7 Å². The average Bonchev–Trinajstić information content (AvgIpc) is 2.88. The summed E-state index contributed by atoms with van der Waals surface area (Å²) in [6.07, 6.45) is 0. The lowest BCUT2D eigenvalue weighted by Gasteiger charge is -2.31. The minimum atomic E-state index is 0.210. The molecule has 0 amide bonds. The molecule has 5 aromatic rings. The Morgan fingerprint density at radius 1 is 0.429 bits per heavy atom. The lowest BCUT2D eigenvalue weighted by Crippen LogP contribution is -2.14. The normalized spacial score (nSPS) is 10.7. The van der Waals surface area contributed by atoms with Gasteiger partial charge in [-0.05, 0) is 67.4 Å². The third-order valence-corrected chi connectivity index (χ3v) is 6.15. The predicted octanol–water partition coefficient (Wildman–Crippen LogP) is 8.95. The van der Waals surface area contributed by atoms with E-state index in [9.17, 15) is 5.11 Å². The first-order valence-electron chi connectivity index (χ1n) is 11.8. The second-order valence-corrected chi connectivity index (χ2v) is 8.62. The fourth-order valence-electron chi connectivity index (χ4n) is 4.48. The number of rotatable bonds is 6. The highest BCUT2D eigenvalue weighted by Gasteiger charge is 2.20. The van der Waals surface area contributed by atoms with Crippen LogP contribution in [0, 0.1) is 13.8 Å². The fraction of sp³-hybridized carbons (Fsp3) is 0.0625. The number of benzene rings is 5. The summed E-state index contributed by atoms with van der Waals surface area (Å²) in [5, 5.41) is 11.0. The SMILES string of the molecule is Cc1ccccc1N(c1cc(O)cc(N(c2ccccc2)c2ccccc2)c1)c1ccccc1C. The van der Waals surface area contributed by atoms with Crippen LogP contribution in [-0.2, 0) is 0 Å². The first kappa shape index (κ1) is 22.3. The third-order valence-electron chi connectivity index (χ3n) is 6.15. The number of hydrogen-bond acceptors (Lipinski definition) is 3. The summed E-state index contributed by atoms with van der Waals surface area (Å²) in [7, 11) is 0. The number of nitrogens with zero attached hydrogens (tertiary/aromatic N) is 2. The maximum absolute atomic E-state index is 11.0. The van der Waals surface area contributed by atoms with E-state index in [0.29, 0.717) is 0 Å². The van der Waals surface area contributed by atoms with Gasteiger partial charge in [-0.2, -0.15) is 0 Å².